The molecule has 2 N–H and O–H groups in total. The van der Waals surface area contributed by atoms with Crippen LogP contribution in [0.2, 0.25) is 0 Å². The van der Waals surface area contributed by atoms with Crippen LogP contribution in [0, 0.1) is 0 Å². The third kappa shape index (κ3) is 6.16. The maximum atomic E-state index is 13.2. The highest BCUT2D eigenvalue weighted by molar-refractivity contribution is 7.99. The van der Waals surface area contributed by atoms with Crippen molar-refractivity contribution < 1.29 is 9.59 Å². The van der Waals surface area contributed by atoms with Gasteiger partial charge in [0.25, 0.3) is 5.56 Å². The highest BCUT2D eigenvalue weighted by atomic mass is 32.2. The number of benzene rings is 3. The van der Waals surface area contributed by atoms with E-state index in [2.05, 4.69) is 15.6 Å². The number of fused-ring (bicyclic) bond motifs is 1. The second-order valence-corrected chi connectivity index (χ2v) is 8.86. The van der Waals surface area contributed by atoms with E-state index in [0.717, 1.165) is 23.2 Å². The minimum absolute atomic E-state index is 0.0262. The summed E-state index contributed by atoms with van der Waals surface area (Å²) in [4.78, 5) is 42.6. The summed E-state index contributed by atoms with van der Waals surface area (Å²) in [5.74, 6) is -0.588. The number of amides is 2. The summed E-state index contributed by atoms with van der Waals surface area (Å²) >= 11 is 1.17. The zero-order valence-corrected chi connectivity index (χ0v) is 20.2. The fourth-order valence-corrected chi connectivity index (χ4v) is 4.50. The van der Waals surface area contributed by atoms with Crippen molar-refractivity contribution in [1.29, 1.82) is 0 Å². The van der Waals surface area contributed by atoms with Gasteiger partial charge in [0.15, 0.2) is 5.16 Å². The lowest BCUT2D eigenvalue weighted by Crippen LogP contribution is -2.34. The monoisotopic (exact) mass is 486 g/mol. The fraction of sp³-hybridized carbons (Fsp3) is 0.185. The Bertz CT molecular complexity index is 1400. The maximum Gasteiger partial charge on any atom is 0.262 e. The minimum atomic E-state index is -0.317. The Hall–Kier alpha value is -3.91. The van der Waals surface area contributed by atoms with E-state index in [1.807, 2.05) is 73.7 Å². The number of carbonyl (C=O) groups excluding carboxylic acids is 2. The second-order valence-electron chi connectivity index (χ2n) is 7.91. The third-order valence-corrected chi connectivity index (χ3v) is 6.44. The van der Waals surface area contributed by atoms with Gasteiger partial charge in [-0.25, -0.2) is 4.98 Å². The number of rotatable bonds is 9. The number of aryl methyl sites for hydroxylation is 1. The molecule has 3 aromatic carbocycles. The largest absolute Gasteiger partial charge is 0.346 e. The van der Waals surface area contributed by atoms with E-state index in [9.17, 15) is 14.4 Å². The highest BCUT2D eigenvalue weighted by Gasteiger charge is 2.14. The van der Waals surface area contributed by atoms with Crippen LogP contribution in [0.25, 0.3) is 10.9 Å². The molecule has 0 spiro atoms. The van der Waals surface area contributed by atoms with E-state index in [4.69, 9.17) is 0 Å². The summed E-state index contributed by atoms with van der Waals surface area (Å²) < 4.78 is 1.59. The van der Waals surface area contributed by atoms with Gasteiger partial charge in [-0.15, -0.1) is 0 Å². The number of aromatic nitrogens is 2. The van der Waals surface area contributed by atoms with Crippen LogP contribution >= 0.6 is 11.8 Å². The molecule has 1 aromatic heterocycles. The van der Waals surface area contributed by atoms with Crippen molar-refractivity contribution in [3.05, 3.63) is 100 Å². The van der Waals surface area contributed by atoms with Gasteiger partial charge in [0.2, 0.25) is 11.8 Å². The number of nitrogens with one attached hydrogen (secondary N) is 2. The molecule has 0 fully saturated rings. The van der Waals surface area contributed by atoms with E-state index >= 15 is 0 Å². The van der Waals surface area contributed by atoms with Crippen LogP contribution in [0.3, 0.4) is 0 Å². The van der Waals surface area contributed by atoms with E-state index in [-0.39, 0.29) is 29.7 Å². The summed E-state index contributed by atoms with van der Waals surface area (Å²) in [6.45, 7) is 2.22. The smallest absolute Gasteiger partial charge is 0.262 e. The highest BCUT2D eigenvalue weighted by Crippen LogP contribution is 2.19. The van der Waals surface area contributed by atoms with Gasteiger partial charge in [-0.2, -0.15) is 0 Å². The standard InChI is InChI=1S/C27H26N4O3S/c1-2-20-12-6-8-14-22(20)29-24(32)16-28-25(33)18-35-27-30-23-15-9-7-13-21(23)26(34)31(27)17-19-10-4-3-5-11-19/h3-15H,2,16-18H2,1H3,(H,28,33)(H,29,32). The lowest BCUT2D eigenvalue weighted by Gasteiger charge is -2.13. The van der Waals surface area contributed by atoms with Gasteiger partial charge in [-0.05, 0) is 35.7 Å². The Balaban J connectivity index is 1.43. The molecule has 1 heterocycles. The van der Waals surface area contributed by atoms with Crippen LogP contribution < -0.4 is 16.2 Å². The van der Waals surface area contributed by atoms with Crippen molar-refractivity contribution in [2.75, 3.05) is 17.6 Å². The Kier molecular flexibility index (Phi) is 7.95. The molecular formula is C27H26N4O3S. The van der Waals surface area contributed by atoms with E-state index in [1.165, 1.54) is 11.8 Å². The van der Waals surface area contributed by atoms with Crippen LogP contribution in [0.5, 0.6) is 0 Å². The molecule has 0 bridgehead atoms. The van der Waals surface area contributed by atoms with Crippen molar-refractivity contribution in [2.45, 2.75) is 25.0 Å². The number of hydrogen-bond donors (Lipinski definition) is 2. The average Bonchev–Trinajstić information content (AvgIpc) is 2.89. The van der Waals surface area contributed by atoms with E-state index in [1.54, 1.807) is 16.7 Å². The lowest BCUT2D eigenvalue weighted by atomic mass is 10.1. The van der Waals surface area contributed by atoms with Gasteiger partial charge < -0.3 is 10.6 Å². The predicted octanol–water partition coefficient (Wildman–Crippen LogP) is 3.85. The molecule has 0 saturated heterocycles. The average molecular weight is 487 g/mol. The van der Waals surface area contributed by atoms with Gasteiger partial charge in [0.05, 0.1) is 29.7 Å². The number of nitrogens with zero attached hydrogens (tertiary/aromatic N) is 2. The zero-order valence-electron chi connectivity index (χ0n) is 19.4. The first kappa shape index (κ1) is 24.2. The lowest BCUT2D eigenvalue weighted by molar-refractivity contribution is -0.122. The fourth-order valence-electron chi connectivity index (χ4n) is 3.67. The van der Waals surface area contributed by atoms with Gasteiger partial charge in [0, 0.05) is 5.69 Å². The van der Waals surface area contributed by atoms with Crippen LogP contribution in [-0.4, -0.2) is 33.7 Å². The molecule has 0 aliphatic heterocycles. The summed E-state index contributed by atoms with van der Waals surface area (Å²) in [6.07, 6.45) is 0.795. The molecule has 0 atom stereocenters. The molecular weight excluding hydrogens is 460 g/mol. The molecule has 178 valence electrons. The van der Waals surface area contributed by atoms with Crippen molar-refractivity contribution in [3.63, 3.8) is 0 Å². The Labute approximate surface area is 207 Å². The number of hydrogen-bond acceptors (Lipinski definition) is 5. The second kappa shape index (κ2) is 11.5. The van der Waals surface area contributed by atoms with Crippen molar-refractivity contribution in [1.82, 2.24) is 14.9 Å². The topological polar surface area (TPSA) is 93.1 Å². The maximum absolute atomic E-state index is 13.2. The molecule has 35 heavy (non-hydrogen) atoms. The zero-order chi connectivity index (χ0) is 24.6. The molecule has 4 rings (SSSR count). The van der Waals surface area contributed by atoms with Crippen LogP contribution in [-0.2, 0) is 22.6 Å². The Morgan fingerprint density at radius 1 is 0.914 bits per heavy atom. The van der Waals surface area contributed by atoms with Crippen LogP contribution in [0.15, 0.2) is 88.8 Å². The van der Waals surface area contributed by atoms with Crippen molar-refractivity contribution >= 4 is 40.2 Å². The first-order chi connectivity index (χ1) is 17.0. The molecule has 0 aliphatic carbocycles. The summed E-state index contributed by atoms with van der Waals surface area (Å²) in [6, 6.07) is 24.4. The van der Waals surface area contributed by atoms with Gasteiger partial charge >= 0.3 is 0 Å². The van der Waals surface area contributed by atoms with Gasteiger partial charge in [-0.1, -0.05) is 79.3 Å². The summed E-state index contributed by atoms with van der Waals surface area (Å²) in [5.41, 5.74) is 3.16. The van der Waals surface area contributed by atoms with E-state index in [0.29, 0.717) is 22.6 Å². The van der Waals surface area contributed by atoms with Crippen molar-refractivity contribution in [2.24, 2.45) is 0 Å². The first-order valence-electron chi connectivity index (χ1n) is 11.4. The molecule has 0 saturated carbocycles. The molecule has 4 aromatic rings. The van der Waals surface area contributed by atoms with E-state index < -0.39 is 0 Å². The Morgan fingerprint density at radius 2 is 1.63 bits per heavy atom. The number of anilines is 1. The quantitative estimate of drug-likeness (QED) is 0.277. The first-order valence-corrected chi connectivity index (χ1v) is 12.3. The van der Waals surface area contributed by atoms with Crippen LogP contribution in [0.1, 0.15) is 18.1 Å². The van der Waals surface area contributed by atoms with Gasteiger partial charge in [0.1, 0.15) is 0 Å². The Morgan fingerprint density at radius 3 is 2.43 bits per heavy atom. The molecule has 7 nitrogen and oxygen atoms in total. The molecule has 0 radical (unpaired) electrons. The SMILES string of the molecule is CCc1ccccc1NC(=O)CNC(=O)CSc1nc2ccccc2c(=O)n1Cc1ccccc1. The normalized spacial score (nSPS) is 10.8. The van der Waals surface area contributed by atoms with Gasteiger partial charge in [-0.3, -0.25) is 19.0 Å². The summed E-state index contributed by atoms with van der Waals surface area (Å²) in [7, 11) is 0. The number of thioether (sulfide) groups is 1. The number of para-hydroxylation sites is 2. The summed E-state index contributed by atoms with van der Waals surface area (Å²) in [5, 5.41) is 6.46. The number of carbonyl (C=O) groups is 2. The minimum Gasteiger partial charge on any atom is -0.346 e. The molecule has 0 aliphatic rings. The van der Waals surface area contributed by atoms with Crippen LogP contribution in [0.4, 0.5) is 5.69 Å². The third-order valence-electron chi connectivity index (χ3n) is 5.46. The van der Waals surface area contributed by atoms with Crippen molar-refractivity contribution in [3.8, 4) is 0 Å². The molecule has 2 amide bonds. The predicted molar refractivity (Wildman–Crippen MR) is 140 cm³/mol. The molecule has 0 unspecified atom stereocenters. The molecule has 8 heteroatoms.